The Labute approximate surface area is 188 Å². The van der Waals surface area contributed by atoms with E-state index in [0.29, 0.717) is 15.8 Å². The third-order valence-electron chi connectivity index (χ3n) is 4.89. The van der Waals surface area contributed by atoms with E-state index in [4.69, 9.17) is 27.9 Å². The normalized spacial score (nSPS) is 12.7. The summed E-state index contributed by atoms with van der Waals surface area (Å²) in [5, 5.41) is 3.76. The standard InChI is InChI=1S/C23H28Cl2N2O3/c1-5-16(3)26-23(29)17(4)27(13-18-8-11-20(24)21(25)12-18)22(28)14-30-19-9-6-15(2)7-10-19/h6-12,16-17H,5,13-14H2,1-4H3,(H,26,29)/t16-,17-/m1/s1. The van der Waals surface area contributed by atoms with E-state index in [2.05, 4.69) is 5.32 Å². The first kappa shape index (κ1) is 24.0. The number of aryl methyl sites for hydroxylation is 1. The predicted octanol–water partition coefficient (Wildman–Crippen LogP) is 5.01. The van der Waals surface area contributed by atoms with Crippen molar-refractivity contribution in [2.45, 2.75) is 52.7 Å². The lowest BCUT2D eigenvalue weighted by Crippen LogP contribution is -2.50. The van der Waals surface area contributed by atoms with Gasteiger partial charge in [0.15, 0.2) is 6.61 Å². The van der Waals surface area contributed by atoms with Crippen LogP contribution in [0.4, 0.5) is 0 Å². The molecule has 0 aromatic heterocycles. The van der Waals surface area contributed by atoms with Gasteiger partial charge in [-0.3, -0.25) is 9.59 Å². The van der Waals surface area contributed by atoms with Gasteiger partial charge in [-0.1, -0.05) is 53.9 Å². The van der Waals surface area contributed by atoms with Crippen LogP contribution in [-0.2, 0) is 16.1 Å². The summed E-state index contributed by atoms with van der Waals surface area (Å²) >= 11 is 12.1. The van der Waals surface area contributed by atoms with Gasteiger partial charge in [0.25, 0.3) is 5.91 Å². The fourth-order valence-electron chi connectivity index (χ4n) is 2.75. The molecule has 30 heavy (non-hydrogen) atoms. The van der Waals surface area contributed by atoms with Gasteiger partial charge in [0.1, 0.15) is 11.8 Å². The van der Waals surface area contributed by atoms with Gasteiger partial charge < -0.3 is 15.0 Å². The van der Waals surface area contributed by atoms with E-state index >= 15 is 0 Å². The van der Waals surface area contributed by atoms with Crippen molar-refractivity contribution in [2.75, 3.05) is 6.61 Å². The first-order valence-electron chi connectivity index (χ1n) is 9.94. The van der Waals surface area contributed by atoms with Gasteiger partial charge in [-0.2, -0.15) is 0 Å². The first-order chi connectivity index (χ1) is 14.2. The van der Waals surface area contributed by atoms with Crippen LogP contribution in [-0.4, -0.2) is 35.4 Å². The molecule has 0 heterocycles. The van der Waals surface area contributed by atoms with Crippen molar-refractivity contribution in [3.05, 3.63) is 63.6 Å². The van der Waals surface area contributed by atoms with Crippen molar-refractivity contribution in [1.29, 1.82) is 0 Å². The van der Waals surface area contributed by atoms with Crippen molar-refractivity contribution in [2.24, 2.45) is 0 Å². The number of hydrogen-bond acceptors (Lipinski definition) is 3. The number of benzene rings is 2. The smallest absolute Gasteiger partial charge is 0.261 e. The molecule has 0 spiro atoms. The van der Waals surface area contributed by atoms with E-state index in [0.717, 1.165) is 17.5 Å². The van der Waals surface area contributed by atoms with Crippen LogP contribution in [0.2, 0.25) is 10.0 Å². The van der Waals surface area contributed by atoms with Crippen molar-refractivity contribution < 1.29 is 14.3 Å². The minimum absolute atomic E-state index is 0.0192. The second-order valence-electron chi connectivity index (χ2n) is 7.37. The number of hydrogen-bond donors (Lipinski definition) is 1. The quantitative estimate of drug-likeness (QED) is 0.583. The Morgan fingerprint density at radius 1 is 1.07 bits per heavy atom. The Bertz CT molecular complexity index is 871. The van der Waals surface area contributed by atoms with E-state index in [9.17, 15) is 9.59 Å². The van der Waals surface area contributed by atoms with Crippen LogP contribution in [0.15, 0.2) is 42.5 Å². The van der Waals surface area contributed by atoms with Crippen molar-refractivity contribution in [3.63, 3.8) is 0 Å². The molecule has 0 aliphatic heterocycles. The fourth-order valence-corrected chi connectivity index (χ4v) is 3.07. The molecule has 2 aromatic rings. The summed E-state index contributed by atoms with van der Waals surface area (Å²) in [6, 6.07) is 11.9. The minimum Gasteiger partial charge on any atom is -0.484 e. The summed E-state index contributed by atoms with van der Waals surface area (Å²) in [4.78, 5) is 27.2. The molecule has 7 heteroatoms. The summed E-state index contributed by atoms with van der Waals surface area (Å²) < 4.78 is 5.65. The van der Waals surface area contributed by atoms with E-state index in [1.54, 1.807) is 25.1 Å². The van der Waals surface area contributed by atoms with Crippen LogP contribution in [0.5, 0.6) is 5.75 Å². The van der Waals surface area contributed by atoms with Crippen LogP contribution in [0, 0.1) is 6.92 Å². The molecule has 0 bridgehead atoms. The van der Waals surface area contributed by atoms with Gasteiger partial charge in [0.05, 0.1) is 10.0 Å². The fraction of sp³-hybridized carbons (Fsp3) is 0.391. The summed E-state index contributed by atoms with van der Waals surface area (Å²) in [6.45, 7) is 7.64. The highest BCUT2D eigenvalue weighted by molar-refractivity contribution is 6.42. The van der Waals surface area contributed by atoms with Crippen molar-refractivity contribution >= 4 is 35.0 Å². The molecule has 2 atom stereocenters. The summed E-state index contributed by atoms with van der Waals surface area (Å²) in [7, 11) is 0. The highest BCUT2D eigenvalue weighted by atomic mass is 35.5. The number of halogens is 2. The SMILES string of the molecule is CC[C@@H](C)NC(=O)[C@@H](C)N(Cc1ccc(Cl)c(Cl)c1)C(=O)COc1ccc(C)cc1. The summed E-state index contributed by atoms with van der Waals surface area (Å²) in [5.41, 5.74) is 1.88. The number of carbonyl (C=O) groups excluding carboxylic acids is 2. The largest absolute Gasteiger partial charge is 0.484 e. The van der Waals surface area contributed by atoms with Gasteiger partial charge in [0.2, 0.25) is 5.91 Å². The van der Waals surface area contributed by atoms with Crippen LogP contribution in [0.3, 0.4) is 0 Å². The Balaban J connectivity index is 2.17. The zero-order chi connectivity index (χ0) is 22.3. The Hall–Kier alpha value is -2.24. The highest BCUT2D eigenvalue weighted by Crippen LogP contribution is 2.24. The zero-order valence-electron chi connectivity index (χ0n) is 17.7. The number of ether oxygens (including phenoxy) is 1. The van der Waals surface area contributed by atoms with E-state index in [1.807, 2.05) is 45.0 Å². The molecule has 2 rings (SSSR count). The lowest BCUT2D eigenvalue weighted by Gasteiger charge is -2.29. The number of nitrogens with one attached hydrogen (secondary N) is 1. The van der Waals surface area contributed by atoms with Gasteiger partial charge in [-0.25, -0.2) is 0 Å². The molecular weight excluding hydrogens is 423 g/mol. The summed E-state index contributed by atoms with van der Waals surface area (Å²) in [5.74, 6) is 0.0849. The van der Waals surface area contributed by atoms with Crippen molar-refractivity contribution in [3.8, 4) is 5.75 Å². The number of carbonyl (C=O) groups is 2. The van der Waals surface area contributed by atoms with Gasteiger partial charge in [0, 0.05) is 12.6 Å². The molecule has 5 nitrogen and oxygen atoms in total. The molecule has 2 aromatic carbocycles. The van der Waals surface area contributed by atoms with Crippen molar-refractivity contribution in [1.82, 2.24) is 10.2 Å². The Kier molecular flexibility index (Phi) is 9.00. The minimum atomic E-state index is -0.678. The second-order valence-corrected chi connectivity index (χ2v) is 8.18. The summed E-state index contributed by atoms with van der Waals surface area (Å²) in [6.07, 6.45) is 0.801. The number of rotatable bonds is 9. The molecule has 0 saturated heterocycles. The predicted molar refractivity (Wildman–Crippen MR) is 121 cm³/mol. The second kappa shape index (κ2) is 11.2. The number of nitrogens with zero attached hydrogens (tertiary/aromatic N) is 1. The van der Waals surface area contributed by atoms with Gasteiger partial charge in [-0.05, 0) is 57.0 Å². The van der Waals surface area contributed by atoms with Crippen LogP contribution in [0.1, 0.15) is 38.3 Å². The average molecular weight is 451 g/mol. The maximum atomic E-state index is 13.0. The molecule has 162 valence electrons. The van der Waals surface area contributed by atoms with Gasteiger partial charge in [-0.15, -0.1) is 0 Å². The molecule has 2 amide bonds. The topological polar surface area (TPSA) is 58.6 Å². The van der Waals surface area contributed by atoms with Crippen LogP contribution < -0.4 is 10.1 Å². The molecule has 0 saturated carbocycles. The van der Waals surface area contributed by atoms with E-state index < -0.39 is 6.04 Å². The monoisotopic (exact) mass is 450 g/mol. The maximum Gasteiger partial charge on any atom is 0.261 e. The zero-order valence-corrected chi connectivity index (χ0v) is 19.3. The maximum absolute atomic E-state index is 13.0. The lowest BCUT2D eigenvalue weighted by atomic mass is 10.1. The van der Waals surface area contributed by atoms with E-state index in [-0.39, 0.29) is 31.0 Å². The highest BCUT2D eigenvalue weighted by Gasteiger charge is 2.27. The van der Waals surface area contributed by atoms with Gasteiger partial charge >= 0.3 is 0 Å². The molecule has 0 aliphatic rings. The molecule has 0 aliphatic carbocycles. The van der Waals surface area contributed by atoms with Crippen LogP contribution >= 0.6 is 23.2 Å². The van der Waals surface area contributed by atoms with E-state index in [1.165, 1.54) is 4.90 Å². The Morgan fingerprint density at radius 2 is 1.73 bits per heavy atom. The molecule has 0 fully saturated rings. The molecule has 0 unspecified atom stereocenters. The van der Waals surface area contributed by atoms with Crippen LogP contribution in [0.25, 0.3) is 0 Å². The molecule has 0 radical (unpaired) electrons. The third kappa shape index (κ3) is 6.92. The average Bonchev–Trinajstić information content (AvgIpc) is 2.73. The molecule has 1 N–H and O–H groups in total. The lowest BCUT2D eigenvalue weighted by molar-refractivity contribution is -0.142. The first-order valence-corrected chi connectivity index (χ1v) is 10.7. The Morgan fingerprint density at radius 3 is 2.33 bits per heavy atom. The third-order valence-corrected chi connectivity index (χ3v) is 5.63. The molecular formula is C23H28Cl2N2O3. The number of amides is 2.